The van der Waals surface area contributed by atoms with Gasteiger partial charge in [-0.3, -0.25) is 9.69 Å². The highest BCUT2D eigenvalue weighted by atomic mass is 35.5. The summed E-state index contributed by atoms with van der Waals surface area (Å²) < 4.78 is 5.41. The van der Waals surface area contributed by atoms with Crippen LogP contribution in [-0.4, -0.2) is 36.8 Å². The average Bonchev–Trinajstić information content (AvgIpc) is 2.85. The number of hydrogen-bond acceptors (Lipinski definition) is 4. The largest absolute Gasteiger partial charge is 0.383 e. The molecule has 2 aliphatic heterocycles. The lowest BCUT2D eigenvalue weighted by Crippen LogP contribution is -2.36. The van der Waals surface area contributed by atoms with Crippen LogP contribution < -0.4 is 0 Å². The average molecular weight is 324 g/mol. The number of benzene rings is 1. The van der Waals surface area contributed by atoms with Crippen molar-refractivity contribution < 1.29 is 9.53 Å². The Morgan fingerprint density at radius 3 is 3.00 bits per heavy atom. The van der Waals surface area contributed by atoms with Crippen LogP contribution in [0.1, 0.15) is 24.4 Å². The van der Waals surface area contributed by atoms with Crippen molar-refractivity contribution in [1.82, 2.24) is 4.90 Å². The first-order valence-corrected chi connectivity index (χ1v) is 8.27. The van der Waals surface area contributed by atoms with Gasteiger partial charge in [-0.2, -0.15) is 0 Å². The van der Waals surface area contributed by atoms with Crippen molar-refractivity contribution >= 4 is 28.5 Å². The van der Waals surface area contributed by atoms with Gasteiger partial charge in [0.25, 0.3) is 0 Å². The van der Waals surface area contributed by atoms with E-state index in [9.17, 15) is 4.79 Å². The van der Waals surface area contributed by atoms with Crippen LogP contribution >= 0.6 is 23.4 Å². The first-order valence-electron chi connectivity index (χ1n) is 7.08. The number of methoxy groups -OCH3 is 1. The van der Waals surface area contributed by atoms with E-state index in [1.165, 1.54) is 22.2 Å². The summed E-state index contributed by atoms with van der Waals surface area (Å²) in [4.78, 5) is 15.3. The highest BCUT2D eigenvalue weighted by Crippen LogP contribution is 2.40. The van der Waals surface area contributed by atoms with Crippen LogP contribution in [-0.2, 0) is 9.53 Å². The van der Waals surface area contributed by atoms with E-state index >= 15 is 0 Å². The molecular formula is C16H18ClNO2S. The van der Waals surface area contributed by atoms with Crippen molar-refractivity contribution in [2.45, 2.75) is 18.9 Å². The third kappa shape index (κ3) is 3.19. The third-order valence-electron chi connectivity index (χ3n) is 4.04. The normalized spacial score (nSPS) is 20.8. The second kappa shape index (κ2) is 6.53. The van der Waals surface area contributed by atoms with Crippen LogP contribution in [0.4, 0.5) is 0 Å². The van der Waals surface area contributed by atoms with Gasteiger partial charge >= 0.3 is 0 Å². The summed E-state index contributed by atoms with van der Waals surface area (Å²) >= 11 is 7.79. The molecule has 0 aromatic heterocycles. The van der Waals surface area contributed by atoms with Crippen LogP contribution in [0.3, 0.4) is 0 Å². The molecule has 21 heavy (non-hydrogen) atoms. The fraction of sp³-hybridized carbons (Fsp3) is 0.438. The topological polar surface area (TPSA) is 29.5 Å². The predicted molar refractivity (Wildman–Crippen MR) is 86.5 cm³/mol. The van der Waals surface area contributed by atoms with Crippen molar-refractivity contribution in [1.29, 1.82) is 0 Å². The van der Waals surface area contributed by atoms with Gasteiger partial charge in [0.2, 0.25) is 0 Å². The van der Waals surface area contributed by atoms with Gasteiger partial charge in [0.1, 0.15) is 0 Å². The standard InChI is InChI=1S/C16H18ClNO2S/c1-20-10-14(12-4-2-3-5-13(12)17)18-7-6-15-11(9-18)8-16(19)21-15/h2-5,14H,6-10H2,1H3/t14-/m1/s1. The smallest absolute Gasteiger partial charge is 0.197 e. The molecule has 2 heterocycles. The Morgan fingerprint density at radius 1 is 1.43 bits per heavy atom. The lowest BCUT2D eigenvalue weighted by atomic mass is 10.0. The van der Waals surface area contributed by atoms with Crippen LogP contribution in [0.2, 0.25) is 5.02 Å². The molecule has 3 nitrogen and oxygen atoms in total. The molecule has 5 heteroatoms. The van der Waals surface area contributed by atoms with Gasteiger partial charge in [-0.25, -0.2) is 0 Å². The van der Waals surface area contributed by atoms with Gasteiger partial charge < -0.3 is 4.74 Å². The van der Waals surface area contributed by atoms with Crippen molar-refractivity contribution in [2.75, 3.05) is 26.8 Å². The Labute approximate surface area is 134 Å². The SMILES string of the molecule is COC[C@H](c1ccccc1Cl)N1CCC2=C(CC(=O)S2)C1. The number of carbonyl (C=O) groups is 1. The van der Waals surface area contributed by atoms with E-state index < -0.39 is 0 Å². The van der Waals surface area contributed by atoms with Crippen LogP contribution in [0.5, 0.6) is 0 Å². The molecule has 0 aliphatic carbocycles. The monoisotopic (exact) mass is 323 g/mol. The minimum Gasteiger partial charge on any atom is -0.383 e. The maximum atomic E-state index is 11.6. The molecule has 3 rings (SSSR count). The molecule has 0 saturated carbocycles. The number of carbonyl (C=O) groups excluding carboxylic acids is 1. The van der Waals surface area contributed by atoms with Gasteiger partial charge in [0, 0.05) is 31.6 Å². The molecular weight excluding hydrogens is 306 g/mol. The van der Waals surface area contributed by atoms with E-state index in [1.807, 2.05) is 18.2 Å². The maximum absolute atomic E-state index is 11.6. The van der Waals surface area contributed by atoms with Crippen molar-refractivity contribution in [2.24, 2.45) is 0 Å². The van der Waals surface area contributed by atoms with Crippen molar-refractivity contribution in [3.05, 3.63) is 45.3 Å². The second-order valence-corrected chi connectivity index (χ2v) is 6.95. The molecule has 1 aromatic carbocycles. The molecule has 0 radical (unpaired) electrons. The highest BCUT2D eigenvalue weighted by Gasteiger charge is 2.32. The number of thioether (sulfide) groups is 1. The van der Waals surface area contributed by atoms with Gasteiger partial charge in [0.05, 0.1) is 12.6 Å². The summed E-state index contributed by atoms with van der Waals surface area (Å²) in [6, 6.07) is 8.07. The van der Waals surface area contributed by atoms with Gasteiger partial charge in [-0.1, -0.05) is 41.6 Å². The lowest BCUT2D eigenvalue weighted by molar-refractivity contribution is -0.110. The van der Waals surface area contributed by atoms with Crippen LogP contribution in [0.15, 0.2) is 34.7 Å². The Hall–Kier alpha value is -0.810. The highest BCUT2D eigenvalue weighted by molar-refractivity contribution is 8.17. The van der Waals surface area contributed by atoms with E-state index in [2.05, 4.69) is 11.0 Å². The number of rotatable bonds is 4. The van der Waals surface area contributed by atoms with E-state index in [-0.39, 0.29) is 11.2 Å². The predicted octanol–water partition coefficient (Wildman–Crippen LogP) is 3.65. The zero-order valence-electron chi connectivity index (χ0n) is 12.0. The zero-order chi connectivity index (χ0) is 14.8. The Morgan fingerprint density at radius 2 is 2.24 bits per heavy atom. The summed E-state index contributed by atoms with van der Waals surface area (Å²) in [6.07, 6.45) is 1.55. The van der Waals surface area contributed by atoms with Gasteiger partial charge in [0.15, 0.2) is 5.12 Å². The van der Waals surface area contributed by atoms with Crippen LogP contribution in [0.25, 0.3) is 0 Å². The van der Waals surface area contributed by atoms with Crippen molar-refractivity contribution in [3.8, 4) is 0 Å². The minimum atomic E-state index is 0.137. The number of nitrogens with zero attached hydrogens (tertiary/aromatic N) is 1. The second-order valence-electron chi connectivity index (χ2n) is 5.39. The Kier molecular flexibility index (Phi) is 4.69. The van der Waals surface area contributed by atoms with Gasteiger partial charge in [-0.15, -0.1) is 0 Å². The fourth-order valence-electron chi connectivity index (χ4n) is 3.02. The molecule has 0 fully saturated rings. The Balaban J connectivity index is 1.83. The molecule has 0 spiro atoms. The minimum absolute atomic E-state index is 0.137. The summed E-state index contributed by atoms with van der Waals surface area (Å²) in [5.41, 5.74) is 2.38. The molecule has 0 saturated heterocycles. The lowest BCUT2D eigenvalue weighted by Gasteiger charge is -2.35. The number of hydrogen-bond donors (Lipinski definition) is 0. The molecule has 0 bridgehead atoms. The Bertz CT molecular complexity index is 587. The zero-order valence-corrected chi connectivity index (χ0v) is 13.5. The van der Waals surface area contributed by atoms with E-state index in [0.29, 0.717) is 13.0 Å². The summed E-state index contributed by atoms with van der Waals surface area (Å²) in [5.74, 6) is 0. The third-order valence-corrected chi connectivity index (χ3v) is 5.49. The summed E-state index contributed by atoms with van der Waals surface area (Å²) in [6.45, 7) is 2.39. The molecule has 0 amide bonds. The molecule has 0 N–H and O–H groups in total. The van der Waals surface area contributed by atoms with E-state index in [0.717, 1.165) is 30.1 Å². The first-order chi connectivity index (χ1) is 10.2. The maximum Gasteiger partial charge on any atom is 0.197 e. The molecule has 0 unspecified atom stereocenters. The molecule has 2 aliphatic rings. The fourth-order valence-corrected chi connectivity index (χ4v) is 4.28. The van der Waals surface area contributed by atoms with Crippen molar-refractivity contribution in [3.63, 3.8) is 0 Å². The molecule has 1 atom stereocenters. The molecule has 1 aromatic rings. The number of ether oxygens (including phenoxy) is 1. The summed E-state index contributed by atoms with van der Waals surface area (Å²) in [5, 5.41) is 1.05. The molecule has 112 valence electrons. The quantitative estimate of drug-likeness (QED) is 0.846. The number of halogens is 1. The first kappa shape index (κ1) is 15.1. The summed E-state index contributed by atoms with van der Waals surface area (Å²) in [7, 11) is 1.72. The van der Waals surface area contributed by atoms with E-state index in [1.54, 1.807) is 7.11 Å². The van der Waals surface area contributed by atoms with E-state index in [4.69, 9.17) is 16.3 Å². The van der Waals surface area contributed by atoms with Gasteiger partial charge in [-0.05, 0) is 28.5 Å². The van der Waals surface area contributed by atoms with Crippen LogP contribution in [0, 0.1) is 0 Å².